The van der Waals surface area contributed by atoms with Crippen LogP contribution in [0.1, 0.15) is 50.8 Å². The molecular formula is C16H22N4. The third-order valence-electron chi connectivity index (χ3n) is 4.14. The number of nitrogen functional groups attached to an aromatic ring is 1. The molecule has 0 spiro atoms. The molecule has 1 saturated carbocycles. The van der Waals surface area contributed by atoms with Crippen LogP contribution in [0.2, 0.25) is 0 Å². The first-order valence-corrected chi connectivity index (χ1v) is 7.57. The molecule has 4 heteroatoms. The van der Waals surface area contributed by atoms with Crippen LogP contribution in [0, 0.1) is 0 Å². The van der Waals surface area contributed by atoms with E-state index in [4.69, 9.17) is 10.7 Å². The first-order valence-electron chi connectivity index (χ1n) is 7.57. The van der Waals surface area contributed by atoms with Crippen LogP contribution in [-0.2, 0) is 6.54 Å². The molecule has 0 amide bonds. The molecule has 1 aliphatic rings. The first kappa shape index (κ1) is 13.2. The second-order valence-electron chi connectivity index (χ2n) is 5.58. The van der Waals surface area contributed by atoms with E-state index in [0.717, 1.165) is 30.0 Å². The van der Waals surface area contributed by atoms with Crippen molar-refractivity contribution in [2.24, 2.45) is 0 Å². The van der Waals surface area contributed by atoms with Gasteiger partial charge in [0.05, 0.1) is 0 Å². The Morgan fingerprint density at radius 3 is 2.80 bits per heavy atom. The molecule has 106 valence electrons. The van der Waals surface area contributed by atoms with Gasteiger partial charge in [0.25, 0.3) is 0 Å². The summed E-state index contributed by atoms with van der Waals surface area (Å²) in [5.41, 5.74) is 8.27. The van der Waals surface area contributed by atoms with E-state index in [-0.39, 0.29) is 0 Å². The summed E-state index contributed by atoms with van der Waals surface area (Å²) < 4.78 is 2.22. The number of aromatic nitrogens is 3. The third kappa shape index (κ3) is 2.30. The average molecular weight is 270 g/mol. The van der Waals surface area contributed by atoms with E-state index in [9.17, 15) is 0 Å². The molecule has 4 nitrogen and oxygen atoms in total. The number of hydrogen-bond acceptors (Lipinski definition) is 3. The standard InChI is InChI=1S/C16H22N4/c1-2-10-20-15(17)14(13-8-5-9-18-11-13)19-16(20)12-6-3-4-7-12/h5,8-9,11-12H,2-4,6-7,10,17H2,1H3. The number of anilines is 1. The number of rotatable bonds is 4. The normalized spacial score (nSPS) is 15.8. The SMILES string of the molecule is CCCn1c(C2CCCC2)nc(-c2cccnc2)c1N. The van der Waals surface area contributed by atoms with Crippen molar-refractivity contribution in [2.45, 2.75) is 51.5 Å². The molecule has 0 radical (unpaired) electrons. The van der Waals surface area contributed by atoms with Gasteiger partial charge in [0.1, 0.15) is 17.3 Å². The summed E-state index contributed by atoms with van der Waals surface area (Å²) in [4.78, 5) is 9.06. The summed E-state index contributed by atoms with van der Waals surface area (Å²) in [5.74, 6) is 2.55. The van der Waals surface area contributed by atoms with Gasteiger partial charge in [-0.25, -0.2) is 4.98 Å². The molecule has 0 atom stereocenters. The number of imidazole rings is 1. The van der Waals surface area contributed by atoms with Crippen molar-refractivity contribution in [1.82, 2.24) is 14.5 Å². The monoisotopic (exact) mass is 270 g/mol. The second-order valence-corrected chi connectivity index (χ2v) is 5.58. The van der Waals surface area contributed by atoms with Gasteiger partial charge in [0.2, 0.25) is 0 Å². The Morgan fingerprint density at radius 2 is 2.15 bits per heavy atom. The van der Waals surface area contributed by atoms with E-state index >= 15 is 0 Å². The van der Waals surface area contributed by atoms with Crippen LogP contribution in [-0.4, -0.2) is 14.5 Å². The van der Waals surface area contributed by atoms with Gasteiger partial charge in [-0.2, -0.15) is 0 Å². The number of nitrogens with two attached hydrogens (primary N) is 1. The van der Waals surface area contributed by atoms with Crippen LogP contribution in [0.15, 0.2) is 24.5 Å². The minimum Gasteiger partial charge on any atom is -0.383 e. The summed E-state index contributed by atoms with van der Waals surface area (Å²) in [5, 5.41) is 0. The summed E-state index contributed by atoms with van der Waals surface area (Å²) in [6.07, 6.45) is 9.80. The highest BCUT2D eigenvalue weighted by molar-refractivity contribution is 5.70. The minimum atomic E-state index is 0.578. The Bertz CT molecular complexity index is 568. The Balaban J connectivity index is 2.05. The smallest absolute Gasteiger partial charge is 0.131 e. The zero-order valence-corrected chi connectivity index (χ0v) is 12.0. The van der Waals surface area contributed by atoms with Crippen molar-refractivity contribution in [3.05, 3.63) is 30.4 Å². The summed E-state index contributed by atoms with van der Waals surface area (Å²) in [6, 6.07) is 3.96. The van der Waals surface area contributed by atoms with Crippen LogP contribution in [0.4, 0.5) is 5.82 Å². The van der Waals surface area contributed by atoms with Crippen molar-refractivity contribution < 1.29 is 0 Å². The van der Waals surface area contributed by atoms with Gasteiger partial charge in [-0.1, -0.05) is 19.8 Å². The summed E-state index contributed by atoms with van der Waals surface area (Å²) in [6.45, 7) is 3.13. The quantitative estimate of drug-likeness (QED) is 0.923. The predicted octanol–water partition coefficient (Wildman–Crippen LogP) is 3.59. The predicted molar refractivity (Wildman–Crippen MR) is 81.4 cm³/mol. The molecule has 0 unspecified atom stereocenters. The highest BCUT2D eigenvalue weighted by atomic mass is 15.1. The number of nitrogens with zero attached hydrogens (tertiary/aromatic N) is 3. The molecule has 2 heterocycles. The van der Waals surface area contributed by atoms with E-state index in [2.05, 4.69) is 16.5 Å². The van der Waals surface area contributed by atoms with Gasteiger partial charge >= 0.3 is 0 Å². The van der Waals surface area contributed by atoms with Gasteiger partial charge in [0, 0.05) is 30.4 Å². The third-order valence-corrected chi connectivity index (χ3v) is 4.14. The lowest BCUT2D eigenvalue weighted by atomic mass is 10.1. The van der Waals surface area contributed by atoms with Crippen LogP contribution < -0.4 is 5.73 Å². The van der Waals surface area contributed by atoms with Crippen LogP contribution >= 0.6 is 0 Å². The number of pyridine rings is 1. The van der Waals surface area contributed by atoms with Crippen LogP contribution in [0.25, 0.3) is 11.3 Å². The maximum Gasteiger partial charge on any atom is 0.131 e. The molecule has 0 aromatic carbocycles. The summed E-state index contributed by atoms with van der Waals surface area (Å²) in [7, 11) is 0. The summed E-state index contributed by atoms with van der Waals surface area (Å²) >= 11 is 0. The maximum absolute atomic E-state index is 6.36. The molecule has 1 aliphatic carbocycles. The molecule has 2 N–H and O–H groups in total. The van der Waals surface area contributed by atoms with E-state index < -0.39 is 0 Å². The highest BCUT2D eigenvalue weighted by Crippen LogP contribution is 2.37. The van der Waals surface area contributed by atoms with Gasteiger partial charge < -0.3 is 10.3 Å². The first-order chi connectivity index (χ1) is 9.81. The molecule has 1 fully saturated rings. The van der Waals surface area contributed by atoms with Crippen LogP contribution in [0.3, 0.4) is 0 Å². The molecule has 20 heavy (non-hydrogen) atoms. The molecule has 3 rings (SSSR count). The zero-order chi connectivity index (χ0) is 13.9. The molecule has 0 bridgehead atoms. The lowest BCUT2D eigenvalue weighted by Crippen LogP contribution is -2.09. The van der Waals surface area contributed by atoms with Crippen molar-refractivity contribution >= 4 is 5.82 Å². The molecule has 0 saturated heterocycles. The highest BCUT2D eigenvalue weighted by Gasteiger charge is 2.25. The van der Waals surface area contributed by atoms with Gasteiger partial charge in [-0.15, -0.1) is 0 Å². The van der Waals surface area contributed by atoms with Gasteiger partial charge in [-0.3, -0.25) is 4.98 Å². The van der Waals surface area contributed by atoms with E-state index in [1.165, 1.54) is 31.5 Å². The second kappa shape index (κ2) is 5.65. The Hall–Kier alpha value is -1.84. The van der Waals surface area contributed by atoms with E-state index in [0.29, 0.717) is 5.92 Å². The topological polar surface area (TPSA) is 56.7 Å². The van der Waals surface area contributed by atoms with Crippen molar-refractivity contribution in [1.29, 1.82) is 0 Å². The number of hydrogen-bond donors (Lipinski definition) is 1. The molecule has 2 aromatic heterocycles. The zero-order valence-electron chi connectivity index (χ0n) is 12.0. The fourth-order valence-electron chi connectivity index (χ4n) is 3.15. The maximum atomic E-state index is 6.36. The van der Waals surface area contributed by atoms with E-state index in [1.807, 2.05) is 18.3 Å². The minimum absolute atomic E-state index is 0.578. The molecular weight excluding hydrogens is 248 g/mol. The largest absolute Gasteiger partial charge is 0.383 e. The Labute approximate surface area is 120 Å². The lowest BCUT2D eigenvalue weighted by Gasteiger charge is -2.12. The van der Waals surface area contributed by atoms with Gasteiger partial charge in [-0.05, 0) is 31.4 Å². The van der Waals surface area contributed by atoms with Crippen molar-refractivity contribution in [3.63, 3.8) is 0 Å². The Morgan fingerprint density at radius 1 is 1.35 bits per heavy atom. The van der Waals surface area contributed by atoms with Gasteiger partial charge in [0.15, 0.2) is 0 Å². The lowest BCUT2D eigenvalue weighted by molar-refractivity contribution is 0.579. The fourth-order valence-corrected chi connectivity index (χ4v) is 3.15. The average Bonchev–Trinajstić information content (AvgIpc) is 3.10. The Kier molecular flexibility index (Phi) is 3.72. The van der Waals surface area contributed by atoms with Crippen molar-refractivity contribution in [3.8, 4) is 11.3 Å². The molecule has 2 aromatic rings. The molecule has 0 aliphatic heterocycles. The fraction of sp³-hybridized carbons (Fsp3) is 0.500. The van der Waals surface area contributed by atoms with Crippen molar-refractivity contribution in [2.75, 3.05) is 5.73 Å². The van der Waals surface area contributed by atoms with Crippen LogP contribution in [0.5, 0.6) is 0 Å². The van der Waals surface area contributed by atoms with E-state index in [1.54, 1.807) is 6.20 Å².